The summed E-state index contributed by atoms with van der Waals surface area (Å²) in [7, 11) is 0. The van der Waals surface area contributed by atoms with Crippen molar-refractivity contribution in [2.24, 2.45) is 0 Å². The molecule has 0 amide bonds. The van der Waals surface area contributed by atoms with E-state index in [1.54, 1.807) is 0 Å². The molecule has 5 nitrogen and oxygen atoms in total. The summed E-state index contributed by atoms with van der Waals surface area (Å²) < 4.78 is 0. The number of carboxylic acids is 1. The highest BCUT2D eigenvalue weighted by molar-refractivity contribution is 6.36. The molecule has 1 rings (SSSR count). The largest absolute Gasteiger partial charge is 0.502 e. The minimum Gasteiger partial charge on any atom is -0.502 e. The van der Waals surface area contributed by atoms with Crippen LogP contribution in [0.25, 0.3) is 0 Å². The Bertz CT molecular complexity index is 577. The molecule has 0 radical (unpaired) electrons. The SMILES string of the molecule is O=C(/C=C(\O)C(=O)O)CC(=O)c1cc(Cl)ccc1Cl. The van der Waals surface area contributed by atoms with Gasteiger partial charge in [-0.2, -0.15) is 0 Å². The number of ketones is 2. The molecule has 0 heterocycles. The first-order valence-electron chi connectivity index (χ1n) is 4.96. The van der Waals surface area contributed by atoms with Gasteiger partial charge >= 0.3 is 5.97 Å². The summed E-state index contributed by atoms with van der Waals surface area (Å²) in [5.74, 6) is -4.25. The second kappa shape index (κ2) is 6.36. The summed E-state index contributed by atoms with van der Waals surface area (Å²) >= 11 is 11.5. The third kappa shape index (κ3) is 4.39. The second-order valence-electron chi connectivity index (χ2n) is 3.53. The monoisotopic (exact) mass is 302 g/mol. The van der Waals surface area contributed by atoms with Crippen molar-refractivity contribution < 1.29 is 24.6 Å². The van der Waals surface area contributed by atoms with E-state index in [2.05, 4.69) is 0 Å². The van der Waals surface area contributed by atoms with Crippen molar-refractivity contribution in [1.29, 1.82) is 0 Å². The Morgan fingerprint density at radius 3 is 2.37 bits per heavy atom. The van der Waals surface area contributed by atoms with Gasteiger partial charge in [-0.1, -0.05) is 23.2 Å². The third-order valence-corrected chi connectivity index (χ3v) is 2.65. The molecule has 0 spiro atoms. The topological polar surface area (TPSA) is 91.7 Å². The first kappa shape index (κ1) is 15.2. The van der Waals surface area contributed by atoms with Crippen molar-refractivity contribution in [3.8, 4) is 0 Å². The number of carbonyl (C=O) groups excluding carboxylic acids is 2. The van der Waals surface area contributed by atoms with Gasteiger partial charge in [-0.25, -0.2) is 4.79 Å². The van der Waals surface area contributed by atoms with Gasteiger partial charge < -0.3 is 10.2 Å². The van der Waals surface area contributed by atoms with Crippen molar-refractivity contribution in [2.75, 3.05) is 0 Å². The fourth-order valence-electron chi connectivity index (χ4n) is 1.23. The van der Waals surface area contributed by atoms with E-state index in [4.69, 9.17) is 33.4 Å². The first-order chi connectivity index (χ1) is 8.81. The van der Waals surface area contributed by atoms with Crippen molar-refractivity contribution in [1.82, 2.24) is 0 Å². The maximum absolute atomic E-state index is 11.8. The predicted molar refractivity (Wildman–Crippen MR) is 68.8 cm³/mol. The van der Waals surface area contributed by atoms with Gasteiger partial charge in [-0.3, -0.25) is 9.59 Å². The van der Waals surface area contributed by atoms with Crippen LogP contribution in [0.3, 0.4) is 0 Å². The zero-order valence-electron chi connectivity index (χ0n) is 9.39. The molecule has 0 aliphatic heterocycles. The number of Topliss-reactive ketones (excluding diaryl/α,β-unsaturated/α-hetero) is 1. The number of aliphatic hydroxyl groups is 1. The molecule has 0 bridgehead atoms. The summed E-state index contributed by atoms with van der Waals surface area (Å²) in [6.07, 6.45) is -0.143. The predicted octanol–water partition coefficient (Wildman–Crippen LogP) is 2.66. The highest BCUT2D eigenvalue weighted by Crippen LogP contribution is 2.22. The number of aliphatic hydroxyl groups excluding tert-OH is 1. The molecule has 100 valence electrons. The van der Waals surface area contributed by atoms with Crippen LogP contribution in [0.4, 0.5) is 0 Å². The Labute approximate surface area is 118 Å². The zero-order chi connectivity index (χ0) is 14.6. The van der Waals surface area contributed by atoms with Crippen LogP contribution in [0.2, 0.25) is 10.0 Å². The number of benzene rings is 1. The molecular formula is C12H8Cl2O5. The lowest BCUT2D eigenvalue weighted by molar-refractivity contribution is -0.135. The number of halogens is 2. The minimum atomic E-state index is -1.65. The van der Waals surface area contributed by atoms with Crippen LogP contribution in [0, 0.1) is 0 Å². The van der Waals surface area contributed by atoms with Crippen LogP contribution in [0.5, 0.6) is 0 Å². The maximum atomic E-state index is 11.8. The van der Waals surface area contributed by atoms with Crippen LogP contribution in [0.15, 0.2) is 30.0 Å². The van der Waals surface area contributed by atoms with E-state index < -0.39 is 29.7 Å². The zero-order valence-corrected chi connectivity index (χ0v) is 10.9. The Morgan fingerprint density at radius 1 is 1.16 bits per heavy atom. The van der Waals surface area contributed by atoms with Crippen molar-refractivity contribution in [3.63, 3.8) is 0 Å². The molecule has 0 fully saturated rings. The van der Waals surface area contributed by atoms with Gasteiger partial charge in [0.15, 0.2) is 11.6 Å². The van der Waals surface area contributed by atoms with Crippen LogP contribution in [-0.2, 0) is 9.59 Å². The summed E-state index contributed by atoms with van der Waals surface area (Å²) in [4.78, 5) is 33.4. The fourth-order valence-corrected chi connectivity index (χ4v) is 1.62. The van der Waals surface area contributed by atoms with E-state index >= 15 is 0 Å². The van der Waals surface area contributed by atoms with Crippen LogP contribution in [-0.4, -0.2) is 27.7 Å². The van der Waals surface area contributed by atoms with Crippen LogP contribution >= 0.6 is 23.2 Å². The molecule has 0 aromatic heterocycles. The van der Waals surface area contributed by atoms with E-state index in [-0.39, 0.29) is 15.6 Å². The summed E-state index contributed by atoms with van der Waals surface area (Å²) in [6.45, 7) is 0. The van der Waals surface area contributed by atoms with E-state index in [9.17, 15) is 14.4 Å². The molecule has 19 heavy (non-hydrogen) atoms. The van der Waals surface area contributed by atoms with Crippen molar-refractivity contribution in [2.45, 2.75) is 6.42 Å². The molecule has 0 aliphatic carbocycles. The molecule has 0 saturated heterocycles. The highest BCUT2D eigenvalue weighted by Gasteiger charge is 2.16. The third-order valence-electron chi connectivity index (χ3n) is 2.08. The van der Waals surface area contributed by atoms with Gasteiger partial charge in [0, 0.05) is 16.7 Å². The molecule has 7 heteroatoms. The molecule has 0 unspecified atom stereocenters. The number of allylic oxidation sites excluding steroid dienone is 1. The quantitative estimate of drug-likeness (QED) is 0.377. The number of carboxylic acid groups (broad SMARTS) is 1. The maximum Gasteiger partial charge on any atom is 0.371 e. The smallest absolute Gasteiger partial charge is 0.371 e. The van der Waals surface area contributed by atoms with E-state index in [1.165, 1.54) is 18.2 Å². The van der Waals surface area contributed by atoms with Crippen molar-refractivity contribution in [3.05, 3.63) is 45.6 Å². The number of carbonyl (C=O) groups is 3. The van der Waals surface area contributed by atoms with E-state index in [1.807, 2.05) is 0 Å². The Hall–Kier alpha value is -1.85. The normalized spacial score (nSPS) is 11.2. The highest BCUT2D eigenvalue weighted by atomic mass is 35.5. The lowest BCUT2D eigenvalue weighted by Crippen LogP contribution is -2.09. The first-order valence-corrected chi connectivity index (χ1v) is 5.72. The van der Waals surface area contributed by atoms with Crippen LogP contribution < -0.4 is 0 Å². The van der Waals surface area contributed by atoms with Gasteiger partial charge in [0.1, 0.15) is 0 Å². The summed E-state index contributed by atoms with van der Waals surface area (Å²) in [5, 5.41) is 17.6. The number of hydrogen-bond acceptors (Lipinski definition) is 4. The average molecular weight is 303 g/mol. The van der Waals surface area contributed by atoms with Gasteiger partial charge in [-0.15, -0.1) is 0 Å². The molecule has 0 atom stereocenters. The van der Waals surface area contributed by atoms with Gasteiger partial charge in [0.25, 0.3) is 0 Å². The lowest BCUT2D eigenvalue weighted by Gasteiger charge is -2.02. The number of aliphatic carboxylic acids is 1. The second-order valence-corrected chi connectivity index (χ2v) is 4.37. The number of rotatable bonds is 5. The summed E-state index contributed by atoms with van der Waals surface area (Å²) in [5.41, 5.74) is 0.0609. The number of hydrogen-bond donors (Lipinski definition) is 2. The standard InChI is InChI=1S/C12H8Cl2O5/c13-6-1-2-9(14)8(3-6)10(16)4-7(15)5-11(17)12(18)19/h1-3,5,17H,4H2,(H,18,19)/b11-5-. The van der Waals surface area contributed by atoms with Gasteiger partial charge in [-0.05, 0) is 18.2 Å². The van der Waals surface area contributed by atoms with Gasteiger partial charge in [0.05, 0.1) is 11.4 Å². The summed E-state index contributed by atoms with van der Waals surface area (Å²) in [6, 6.07) is 4.20. The molecule has 1 aromatic rings. The Balaban J connectivity index is 2.86. The fraction of sp³-hybridized carbons (Fsp3) is 0.0833. The van der Waals surface area contributed by atoms with Crippen molar-refractivity contribution >= 4 is 40.7 Å². The minimum absolute atomic E-state index is 0.0609. The molecule has 1 aromatic carbocycles. The molecule has 2 N–H and O–H groups in total. The molecule has 0 aliphatic rings. The molecule has 0 saturated carbocycles. The Morgan fingerprint density at radius 2 is 1.79 bits per heavy atom. The van der Waals surface area contributed by atoms with E-state index in [0.717, 1.165) is 0 Å². The Kier molecular flexibility index (Phi) is 5.09. The average Bonchev–Trinajstić information content (AvgIpc) is 2.31. The molecular weight excluding hydrogens is 295 g/mol. The van der Waals surface area contributed by atoms with Crippen LogP contribution in [0.1, 0.15) is 16.8 Å². The lowest BCUT2D eigenvalue weighted by atomic mass is 10.1. The van der Waals surface area contributed by atoms with Gasteiger partial charge in [0.2, 0.25) is 5.76 Å². The van der Waals surface area contributed by atoms with E-state index in [0.29, 0.717) is 6.08 Å².